The highest BCUT2D eigenvalue weighted by molar-refractivity contribution is 5.92. The lowest BCUT2D eigenvalue weighted by molar-refractivity contribution is 0.1000. The molecular weight excluding hydrogens is 538 g/mol. The summed E-state index contributed by atoms with van der Waals surface area (Å²) in [4.78, 5) is 23.2. The Balaban J connectivity index is 1.32. The number of nitriles is 1. The van der Waals surface area contributed by atoms with Crippen LogP contribution in [0.15, 0.2) is 72.9 Å². The highest BCUT2D eigenvalue weighted by atomic mass is 16.5. The number of nitrogens with one attached hydrogen (secondary N) is 1. The first-order valence-electron chi connectivity index (χ1n) is 14.2. The van der Waals surface area contributed by atoms with Gasteiger partial charge in [0.2, 0.25) is 17.7 Å². The van der Waals surface area contributed by atoms with E-state index in [-0.39, 0.29) is 6.04 Å². The topological polar surface area (TPSA) is 143 Å². The molecule has 1 aliphatic heterocycles. The fourth-order valence-corrected chi connectivity index (χ4v) is 5.34. The molecule has 5 rings (SSSR count). The minimum atomic E-state index is -0.414. The van der Waals surface area contributed by atoms with E-state index in [9.17, 15) is 4.79 Å². The van der Waals surface area contributed by atoms with Crippen molar-refractivity contribution in [1.29, 1.82) is 5.26 Å². The predicted octanol–water partition coefficient (Wildman–Crippen LogP) is 5.85. The molecule has 218 valence electrons. The van der Waals surface area contributed by atoms with Crippen molar-refractivity contribution in [3.8, 4) is 28.8 Å². The minimum absolute atomic E-state index is 0.217. The number of allylic oxidation sites excluding steroid dienone is 1. The maximum Gasteiger partial charge on any atom is 0.248 e. The van der Waals surface area contributed by atoms with E-state index >= 15 is 0 Å². The number of aryl methyl sites for hydroxylation is 2. The molecule has 0 atom stereocenters. The smallest absolute Gasteiger partial charge is 0.248 e. The minimum Gasteiger partial charge on any atom is -0.438 e. The molecular formula is C34H35N7O2. The van der Waals surface area contributed by atoms with Crippen LogP contribution < -0.4 is 21.5 Å². The summed E-state index contributed by atoms with van der Waals surface area (Å²) in [5.41, 5.74) is 18.2. The van der Waals surface area contributed by atoms with Gasteiger partial charge in [0.25, 0.3) is 0 Å². The zero-order valence-electron chi connectivity index (χ0n) is 24.4. The van der Waals surface area contributed by atoms with Crippen LogP contribution in [0.2, 0.25) is 0 Å². The van der Waals surface area contributed by atoms with Gasteiger partial charge in [0.15, 0.2) is 0 Å². The molecule has 0 bridgehead atoms. The van der Waals surface area contributed by atoms with Gasteiger partial charge >= 0.3 is 0 Å². The summed E-state index contributed by atoms with van der Waals surface area (Å²) in [7, 11) is 0. The van der Waals surface area contributed by atoms with E-state index in [1.54, 1.807) is 24.4 Å². The van der Waals surface area contributed by atoms with Crippen molar-refractivity contribution in [3.05, 3.63) is 101 Å². The normalized spacial score (nSPS) is 14.0. The Kier molecular flexibility index (Phi) is 8.99. The van der Waals surface area contributed by atoms with Gasteiger partial charge in [0.05, 0.1) is 11.6 Å². The number of carbonyl (C=O) groups is 1. The number of nitrogen functional groups attached to an aromatic ring is 1. The molecule has 5 N–H and O–H groups in total. The number of ether oxygens (including phenoxy) is 1. The molecule has 0 unspecified atom stereocenters. The van der Waals surface area contributed by atoms with E-state index in [0.29, 0.717) is 28.8 Å². The molecule has 0 saturated carbocycles. The number of benzene rings is 3. The average molecular weight is 574 g/mol. The molecule has 3 aromatic carbocycles. The number of piperidine rings is 1. The van der Waals surface area contributed by atoms with Crippen molar-refractivity contribution in [2.75, 3.05) is 24.1 Å². The molecule has 9 nitrogen and oxygen atoms in total. The molecule has 0 aliphatic carbocycles. The summed E-state index contributed by atoms with van der Waals surface area (Å²) in [6, 6.07) is 21.3. The zero-order valence-corrected chi connectivity index (χ0v) is 24.4. The van der Waals surface area contributed by atoms with E-state index in [1.165, 1.54) is 6.08 Å². The fraction of sp³-hybridized carbons (Fsp3) is 0.235. The van der Waals surface area contributed by atoms with Crippen LogP contribution in [0.1, 0.15) is 45.5 Å². The van der Waals surface area contributed by atoms with Gasteiger partial charge in [-0.1, -0.05) is 24.3 Å². The number of amides is 1. The predicted molar refractivity (Wildman–Crippen MR) is 169 cm³/mol. The van der Waals surface area contributed by atoms with E-state index < -0.39 is 5.91 Å². The second-order valence-electron chi connectivity index (χ2n) is 10.8. The quantitative estimate of drug-likeness (QED) is 0.167. The molecule has 4 aromatic rings. The Morgan fingerprint density at radius 3 is 2.49 bits per heavy atom. The van der Waals surface area contributed by atoms with Crippen LogP contribution in [0, 0.1) is 25.2 Å². The van der Waals surface area contributed by atoms with Crippen LogP contribution in [0.3, 0.4) is 0 Å². The highest BCUT2D eigenvalue weighted by Gasteiger charge is 2.22. The van der Waals surface area contributed by atoms with Gasteiger partial charge in [-0.2, -0.15) is 10.2 Å². The zero-order chi connectivity index (χ0) is 30.3. The molecule has 43 heavy (non-hydrogen) atoms. The first-order chi connectivity index (χ1) is 20.8. The van der Waals surface area contributed by atoms with Gasteiger partial charge in [0, 0.05) is 49.2 Å². The van der Waals surface area contributed by atoms with E-state index in [0.717, 1.165) is 65.9 Å². The van der Waals surface area contributed by atoms with Crippen molar-refractivity contribution in [1.82, 2.24) is 14.9 Å². The van der Waals surface area contributed by atoms with Crippen molar-refractivity contribution in [2.24, 2.45) is 5.73 Å². The summed E-state index contributed by atoms with van der Waals surface area (Å²) in [5.74, 6) is 1.24. The van der Waals surface area contributed by atoms with Crippen molar-refractivity contribution in [3.63, 3.8) is 0 Å². The Morgan fingerprint density at radius 1 is 1.12 bits per heavy atom. The van der Waals surface area contributed by atoms with Crippen LogP contribution in [-0.4, -0.2) is 39.9 Å². The third kappa shape index (κ3) is 7.36. The van der Waals surface area contributed by atoms with Crippen molar-refractivity contribution in [2.45, 2.75) is 39.3 Å². The first kappa shape index (κ1) is 29.3. The molecule has 1 amide bonds. The van der Waals surface area contributed by atoms with Crippen molar-refractivity contribution >= 4 is 23.6 Å². The molecule has 9 heteroatoms. The number of anilines is 2. The van der Waals surface area contributed by atoms with Gasteiger partial charge in [-0.15, -0.1) is 0 Å². The molecule has 1 aromatic heterocycles. The summed E-state index contributed by atoms with van der Waals surface area (Å²) in [5, 5.41) is 12.4. The van der Waals surface area contributed by atoms with Crippen molar-refractivity contribution < 1.29 is 9.53 Å². The number of hydrogen-bond acceptors (Lipinski definition) is 8. The number of nitrogens with zero attached hydrogens (tertiary/aromatic N) is 4. The second kappa shape index (κ2) is 13.2. The fourth-order valence-electron chi connectivity index (χ4n) is 5.34. The van der Waals surface area contributed by atoms with Crippen LogP contribution in [0.4, 0.5) is 11.6 Å². The summed E-state index contributed by atoms with van der Waals surface area (Å²) >= 11 is 0. The largest absolute Gasteiger partial charge is 0.438 e. The number of hydrogen-bond donors (Lipinski definition) is 3. The molecule has 0 radical (unpaired) electrons. The number of nitrogens with two attached hydrogens (primary N) is 2. The average Bonchev–Trinajstić information content (AvgIpc) is 2.99. The maximum absolute atomic E-state index is 11.3. The van der Waals surface area contributed by atoms with Gasteiger partial charge in [-0.25, -0.2) is 4.98 Å². The summed E-state index contributed by atoms with van der Waals surface area (Å²) < 4.78 is 6.50. The third-order valence-corrected chi connectivity index (χ3v) is 7.55. The molecule has 2 heterocycles. The number of carbonyl (C=O) groups excluding carboxylic acids is 1. The number of aromatic nitrogens is 2. The lowest BCUT2D eigenvalue weighted by Gasteiger charge is -2.32. The standard InChI is InChI=1S/C34H35N7O2/c1-22-17-25(5-4-14-35)18-23(2)31(22)43-33-30(27-6-3-7-28(36)19-27)20-38-34(40-33)39-29-12-15-41(16-13-29)21-24-8-10-26(11-9-24)32(37)42/h3-11,17-20,29H,12-13,15-16,21,36H2,1-2H3,(H2,37,42)(H,38,39,40)/b5-4+. The van der Waals surface area contributed by atoms with Gasteiger partial charge in [-0.05, 0) is 97.0 Å². The Morgan fingerprint density at radius 2 is 1.84 bits per heavy atom. The summed E-state index contributed by atoms with van der Waals surface area (Å²) in [6.45, 7) is 6.62. The van der Waals surface area contributed by atoms with Gasteiger partial charge in [-0.3, -0.25) is 9.69 Å². The SMILES string of the molecule is Cc1cc(/C=C/C#N)cc(C)c1Oc1nc(NC2CCN(Cc3ccc(C(N)=O)cc3)CC2)ncc1-c1cccc(N)c1. The Hall–Kier alpha value is -5.20. The summed E-state index contributed by atoms with van der Waals surface area (Å²) in [6.07, 6.45) is 6.89. The second-order valence-corrected chi connectivity index (χ2v) is 10.8. The van der Waals surface area contributed by atoms with E-state index in [2.05, 4.69) is 15.2 Å². The Bertz CT molecular complexity index is 1660. The highest BCUT2D eigenvalue weighted by Crippen LogP contribution is 2.36. The third-order valence-electron chi connectivity index (χ3n) is 7.55. The monoisotopic (exact) mass is 573 g/mol. The molecule has 1 aliphatic rings. The molecule has 1 saturated heterocycles. The lowest BCUT2D eigenvalue weighted by atomic mass is 10.0. The maximum atomic E-state index is 11.3. The number of likely N-dealkylation sites (tertiary alicyclic amines) is 1. The van der Waals surface area contributed by atoms with Gasteiger partial charge < -0.3 is 21.5 Å². The lowest BCUT2D eigenvalue weighted by Crippen LogP contribution is -2.39. The van der Waals surface area contributed by atoms with E-state index in [4.69, 9.17) is 26.5 Å². The van der Waals surface area contributed by atoms with Gasteiger partial charge in [0.1, 0.15) is 5.75 Å². The number of rotatable bonds is 9. The Labute approximate surface area is 251 Å². The molecule has 1 fully saturated rings. The van der Waals surface area contributed by atoms with Crippen LogP contribution in [0.5, 0.6) is 11.6 Å². The van der Waals surface area contributed by atoms with Crippen LogP contribution >= 0.6 is 0 Å². The molecule has 0 spiro atoms. The number of primary amides is 1. The van der Waals surface area contributed by atoms with E-state index in [1.807, 2.05) is 68.4 Å². The van der Waals surface area contributed by atoms with Crippen LogP contribution in [0.25, 0.3) is 17.2 Å². The first-order valence-corrected chi connectivity index (χ1v) is 14.2. The van der Waals surface area contributed by atoms with Crippen LogP contribution in [-0.2, 0) is 6.54 Å².